The summed E-state index contributed by atoms with van der Waals surface area (Å²) in [7, 11) is 0. The average molecular weight is 537 g/mol. The lowest BCUT2D eigenvalue weighted by Gasteiger charge is -2.24. The van der Waals surface area contributed by atoms with Crippen molar-refractivity contribution in [2.45, 2.75) is 62.7 Å². The number of nitrogens with one attached hydrogen (secondary N) is 3. The molecule has 0 saturated heterocycles. The van der Waals surface area contributed by atoms with Gasteiger partial charge in [0.05, 0.1) is 12.6 Å². The van der Waals surface area contributed by atoms with Crippen LogP contribution in [0, 0.1) is 0 Å². The van der Waals surface area contributed by atoms with E-state index in [1.54, 1.807) is 24.3 Å². The molecule has 0 spiro atoms. The number of hydrogen-bond donors (Lipinski definition) is 9. The summed E-state index contributed by atoms with van der Waals surface area (Å²) in [6.07, 6.45) is 1.76. The smallest absolute Gasteiger partial charge is 0.326 e. The maximum absolute atomic E-state index is 12.9. The lowest BCUT2D eigenvalue weighted by molar-refractivity contribution is -0.142. The second-order valence-electron chi connectivity index (χ2n) is 8.73. The molecular formula is C24H40N8O6. The fourth-order valence-corrected chi connectivity index (χ4v) is 3.50. The van der Waals surface area contributed by atoms with Gasteiger partial charge in [-0.3, -0.25) is 19.4 Å². The van der Waals surface area contributed by atoms with Gasteiger partial charge in [-0.2, -0.15) is 0 Å². The van der Waals surface area contributed by atoms with Gasteiger partial charge in [-0.25, -0.2) is 4.79 Å². The number of carbonyl (C=O) groups excluding carboxylic acids is 3. The molecule has 14 heteroatoms. The zero-order chi connectivity index (χ0) is 28.5. The molecule has 3 amide bonds. The number of aliphatic imine (C=N–C) groups is 1. The lowest BCUT2D eigenvalue weighted by Crippen LogP contribution is -2.58. The molecule has 38 heavy (non-hydrogen) atoms. The van der Waals surface area contributed by atoms with E-state index in [2.05, 4.69) is 20.9 Å². The molecule has 1 aromatic carbocycles. The fourth-order valence-electron chi connectivity index (χ4n) is 3.50. The number of nitrogens with two attached hydrogens (primary N) is 4. The summed E-state index contributed by atoms with van der Waals surface area (Å²) in [4.78, 5) is 53.7. The molecule has 0 fully saturated rings. The summed E-state index contributed by atoms with van der Waals surface area (Å²) in [6.45, 7) is -0.197. The van der Waals surface area contributed by atoms with Gasteiger partial charge >= 0.3 is 5.97 Å². The average Bonchev–Trinajstić information content (AvgIpc) is 2.88. The maximum atomic E-state index is 12.9. The molecule has 0 radical (unpaired) electrons. The number of carboxylic acid groups (broad SMARTS) is 1. The first-order valence-corrected chi connectivity index (χ1v) is 12.4. The van der Waals surface area contributed by atoms with E-state index in [0.717, 1.165) is 5.56 Å². The molecule has 0 heterocycles. The second kappa shape index (κ2) is 17.7. The molecule has 4 unspecified atom stereocenters. The summed E-state index contributed by atoms with van der Waals surface area (Å²) in [5, 5.41) is 26.5. The van der Waals surface area contributed by atoms with Crippen molar-refractivity contribution in [1.82, 2.24) is 16.0 Å². The van der Waals surface area contributed by atoms with Gasteiger partial charge in [0.25, 0.3) is 0 Å². The van der Waals surface area contributed by atoms with Crippen molar-refractivity contribution in [3.63, 3.8) is 0 Å². The topological polar surface area (TPSA) is 261 Å². The van der Waals surface area contributed by atoms with Crippen molar-refractivity contribution in [2.75, 3.05) is 19.7 Å². The predicted octanol–water partition coefficient (Wildman–Crippen LogP) is -2.73. The van der Waals surface area contributed by atoms with Crippen LogP contribution in [-0.4, -0.2) is 83.7 Å². The molecule has 0 bridgehead atoms. The van der Waals surface area contributed by atoms with Gasteiger partial charge < -0.3 is 49.1 Å². The van der Waals surface area contributed by atoms with Crippen molar-refractivity contribution in [1.29, 1.82) is 0 Å². The van der Waals surface area contributed by atoms with Crippen LogP contribution in [0.4, 0.5) is 0 Å². The number of benzene rings is 1. The van der Waals surface area contributed by atoms with E-state index in [1.165, 1.54) is 0 Å². The van der Waals surface area contributed by atoms with Gasteiger partial charge in [-0.1, -0.05) is 30.3 Å². The minimum atomic E-state index is -1.37. The predicted molar refractivity (Wildman–Crippen MR) is 141 cm³/mol. The van der Waals surface area contributed by atoms with Crippen LogP contribution in [0.25, 0.3) is 0 Å². The van der Waals surface area contributed by atoms with Crippen LogP contribution >= 0.6 is 0 Å². The highest BCUT2D eigenvalue weighted by Crippen LogP contribution is 2.06. The number of aliphatic carboxylic acids is 1. The van der Waals surface area contributed by atoms with Crippen molar-refractivity contribution in [3.05, 3.63) is 35.9 Å². The molecule has 1 aromatic rings. The van der Waals surface area contributed by atoms with Crippen LogP contribution in [0.1, 0.15) is 37.7 Å². The number of guanidine groups is 1. The largest absolute Gasteiger partial charge is 0.480 e. The van der Waals surface area contributed by atoms with E-state index in [9.17, 15) is 29.4 Å². The van der Waals surface area contributed by atoms with Crippen molar-refractivity contribution in [3.8, 4) is 0 Å². The van der Waals surface area contributed by atoms with Crippen molar-refractivity contribution < 1.29 is 29.4 Å². The summed E-state index contributed by atoms with van der Waals surface area (Å²) in [5.74, 6) is -3.59. The van der Waals surface area contributed by atoms with E-state index in [0.29, 0.717) is 25.8 Å². The van der Waals surface area contributed by atoms with Crippen LogP contribution in [0.2, 0.25) is 0 Å². The van der Waals surface area contributed by atoms with E-state index in [-0.39, 0.29) is 31.8 Å². The third-order valence-electron chi connectivity index (χ3n) is 5.59. The normalized spacial score (nSPS) is 13.9. The van der Waals surface area contributed by atoms with Gasteiger partial charge in [-0.05, 0) is 50.6 Å². The van der Waals surface area contributed by atoms with E-state index < -0.39 is 54.5 Å². The number of unbranched alkanes of at least 4 members (excludes halogenated alkanes) is 1. The molecule has 4 atom stereocenters. The number of amides is 3. The van der Waals surface area contributed by atoms with Gasteiger partial charge in [0, 0.05) is 6.54 Å². The highest BCUT2D eigenvalue weighted by molar-refractivity contribution is 5.94. The third-order valence-corrected chi connectivity index (χ3v) is 5.59. The first kappa shape index (κ1) is 32.3. The van der Waals surface area contributed by atoms with Crippen LogP contribution < -0.4 is 38.9 Å². The summed E-state index contributed by atoms with van der Waals surface area (Å²) in [6, 6.07) is 4.33. The number of aliphatic hydroxyl groups excluding tert-OH is 1. The number of rotatable bonds is 18. The Bertz CT molecular complexity index is 926. The summed E-state index contributed by atoms with van der Waals surface area (Å²) >= 11 is 0. The highest BCUT2D eigenvalue weighted by atomic mass is 16.4. The number of aliphatic hydroxyl groups is 1. The third kappa shape index (κ3) is 12.5. The Kier molecular flexibility index (Phi) is 15.0. The first-order chi connectivity index (χ1) is 18.1. The molecule has 0 aliphatic carbocycles. The fraction of sp³-hybridized carbons (Fsp3) is 0.542. The number of hydrogen-bond acceptors (Lipinski definition) is 8. The number of carbonyl (C=O) groups is 4. The maximum Gasteiger partial charge on any atom is 0.326 e. The molecule has 0 aliphatic rings. The Morgan fingerprint density at radius 1 is 0.842 bits per heavy atom. The number of carboxylic acids is 1. The highest BCUT2D eigenvalue weighted by Gasteiger charge is 2.29. The molecular weight excluding hydrogens is 496 g/mol. The Morgan fingerprint density at radius 3 is 2.00 bits per heavy atom. The molecule has 13 N–H and O–H groups in total. The SMILES string of the molecule is NCCCCC(NC(=O)C(CO)NC(=O)C(N)Cc1ccccc1)C(=O)NC(CCCN=C(N)N)C(=O)O. The van der Waals surface area contributed by atoms with Gasteiger partial charge in [0.1, 0.15) is 18.1 Å². The lowest BCUT2D eigenvalue weighted by atomic mass is 10.0. The molecule has 0 aromatic heterocycles. The summed E-state index contributed by atoms with van der Waals surface area (Å²) in [5.41, 5.74) is 22.8. The molecule has 14 nitrogen and oxygen atoms in total. The quantitative estimate of drug-likeness (QED) is 0.0531. The minimum absolute atomic E-state index is 0.0515. The monoisotopic (exact) mass is 536 g/mol. The molecule has 0 saturated carbocycles. The van der Waals surface area contributed by atoms with Crippen molar-refractivity contribution >= 4 is 29.7 Å². The van der Waals surface area contributed by atoms with Crippen LogP contribution in [0.3, 0.4) is 0 Å². The Balaban J connectivity index is 2.82. The standard InChI is InChI=1S/C24H40N8O6/c25-11-5-4-9-17(21(35)31-18(23(37)38)10-6-12-29-24(27)28)30-22(36)19(14-33)32-20(34)16(26)13-15-7-2-1-3-8-15/h1-3,7-8,16-19,33H,4-6,9-14,25-26H2,(H,30,36)(H,31,35)(H,32,34)(H,37,38)(H4,27,28,29). The Labute approximate surface area is 221 Å². The van der Waals surface area contributed by atoms with E-state index in [4.69, 9.17) is 22.9 Å². The molecule has 1 rings (SSSR count). The van der Waals surface area contributed by atoms with E-state index in [1.807, 2.05) is 6.07 Å². The Morgan fingerprint density at radius 2 is 1.42 bits per heavy atom. The second-order valence-corrected chi connectivity index (χ2v) is 8.73. The van der Waals surface area contributed by atoms with Gasteiger partial charge in [0.15, 0.2) is 5.96 Å². The number of nitrogens with zero attached hydrogens (tertiary/aromatic N) is 1. The van der Waals surface area contributed by atoms with Gasteiger partial charge in [-0.15, -0.1) is 0 Å². The molecule has 212 valence electrons. The Hall–Kier alpha value is -3.75. The van der Waals surface area contributed by atoms with Crippen LogP contribution in [-0.2, 0) is 25.6 Å². The van der Waals surface area contributed by atoms with Crippen molar-refractivity contribution in [2.24, 2.45) is 27.9 Å². The first-order valence-electron chi connectivity index (χ1n) is 12.4. The van der Waals surface area contributed by atoms with E-state index >= 15 is 0 Å². The van der Waals surface area contributed by atoms with Crippen LogP contribution in [0.5, 0.6) is 0 Å². The van der Waals surface area contributed by atoms with Crippen LogP contribution in [0.15, 0.2) is 35.3 Å². The minimum Gasteiger partial charge on any atom is -0.480 e. The van der Waals surface area contributed by atoms with Gasteiger partial charge in [0.2, 0.25) is 17.7 Å². The zero-order valence-electron chi connectivity index (χ0n) is 21.3. The zero-order valence-corrected chi connectivity index (χ0v) is 21.3. The summed E-state index contributed by atoms with van der Waals surface area (Å²) < 4.78 is 0. The molecule has 0 aliphatic heterocycles.